The molecule has 0 bridgehead atoms. The van der Waals surface area contributed by atoms with Gasteiger partial charge in [0.05, 0.1) is 0 Å². The molecule has 0 aromatic rings. The van der Waals surface area contributed by atoms with Crippen LogP contribution in [-0.2, 0) is 0 Å². The van der Waals surface area contributed by atoms with Crippen molar-refractivity contribution in [2.45, 2.75) is 45.7 Å². The van der Waals surface area contributed by atoms with Crippen LogP contribution in [0.2, 0.25) is 0 Å². The number of rotatable bonds is 6. The van der Waals surface area contributed by atoms with Gasteiger partial charge >= 0.3 is 0 Å². The highest BCUT2D eigenvalue weighted by Crippen LogP contribution is 2.13. The zero-order chi connectivity index (χ0) is 12.0. The molecular formula is C13H29N3. The van der Waals surface area contributed by atoms with Crippen LogP contribution in [0.1, 0.15) is 33.6 Å². The largest absolute Gasteiger partial charge is 0.316 e. The van der Waals surface area contributed by atoms with Crippen LogP contribution in [0.25, 0.3) is 0 Å². The maximum Gasteiger partial charge on any atom is 0.0195 e. The van der Waals surface area contributed by atoms with Gasteiger partial charge in [-0.2, -0.15) is 0 Å². The van der Waals surface area contributed by atoms with E-state index >= 15 is 0 Å². The summed E-state index contributed by atoms with van der Waals surface area (Å²) < 4.78 is 0. The normalized spacial score (nSPS) is 24.9. The smallest absolute Gasteiger partial charge is 0.0195 e. The average Bonchev–Trinajstić information content (AvgIpc) is 2.35. The molecule has 1 rings (SSSR count). The van der Waals surface area contributed by atoms with Crippen LogP contribution in [0.5, 0.6) is 0 Å². The van der Waals surface area contributed by atoms with Crippen LogP contribution in [0.3, 0.4) is 0 Å². The zero-order valence-corrected chi connectivity index (χ0v) is 11.5. The highest BCUT2D eigenvalue weighted by atomic mass is 15.2. The predicted molar refractivity (Wildman–Crippen MR) is 70.9 cm³/mol. The molecular weight excluding hydrogens is 198 g/mol. The Hall–Kier alpha value is -0.120. The molecule has 0 aromatic carbocycles. The molecule has 0 amide bonds. The summed E-state index contributed by atoms with van der Waals surface area (Å²) in [6.45, 7) is 12.9. The van der Waals surface area contributed by atoms with Gasteiger partial charge in [0.15, 0.2) is 0 Å². The number of likely N-dealkylation sites (tertiary alicyclic amines) is 1. The van der Waals surface area contributed by atoms with Gasteiger partial charge in [0.25, 0.3) is 0 Å². The van der Waals surface area contributed by atoms with Gasteiger partial charge in [-0.3, -0.25) is 4.90 Å². The summed E-state index contributed by atoms with van der Waals surface area (Å²) in [5.74, 6) is 0. The molecule has 96 valence electrons. The first-order valence-corrected chi connectivity index (χ1v) is 6.84. The van der Waals surface area contributed by atoms with E-state index in [0.29, 0.717) is 12.1 Å². The van der Waals surface area contributed by atoms with Crippen LogP contribution in [0.4, 0.5) is 0 Å². The molecule has 1 aliphatic heterocycles. The van der Waals surface area contributed by atoms with Gasteiger partial charge in [0.2, 0.25) is 0 Å². The van der Waals surface area contributed by atoms with E-state index < -0.39 is 0 Å². The molecule has 1 aliphatic rings. The van der Waals surface area contributed by atoms with Gasteiger partial charge in [-0.15, -0.1) is 0 Å². The summed E-state index contributed by atoms with van der Waals surface area (Å²) >= 11 is 0. The van der Waals surface area contributed by atoms with Crippen molar-refractivity contribution in [3.8, 4) is 0 Å². The summed E-state index contributed by atoms with van der Waals surface area (Å²) in [5.41, 5.74) is 0. The Labute approximate surface area is 101 Å². The molecule has 16 heavy (non-hydrogen) atoms. The Bertz CT molecular complexity index is 180. The van der Waals surface area contributed by atoms with E-state index in [9.17, 15) is 0 Å². The van der Waals surface area contributed by atoms with Crippen LogP contribution in [-0.4, -0.2) is 61.7 Å². The average molecular weight is 227 g/mol. The molecule has 0 radical (unpaired) electrons. The Morgan fingerprint density at radius 3 is 2.62 bits per heavy atom. The van der Waals surface area contributed by atoms with Crippen molar-refractivity contribution in [2.75, 3.05) is 39.8 Å². The maximum absolute atomic E-state index is 3.41. The van der Waals surface area contributed by atoms with Crippen molar-refractivity contribution in [2.24, 2.45) is 0 Å². The first-order chi connectivity index (χ1) is 7.71. The third-order valence-corrected chi connectivity index (χ3v) is 3.90. The van der Waals surface area contributed by atoms with E-state index in [-0.39, 0.29) is 0 Å². The first kappa shape index (κ1) is 13.9. The van der Waals surface area contributed by atoms with Crippen LogP contribution in [0, 0.1) is 0 Å². The fourth-order valence-corrected chi connectivity index (χ4v) is 2.61. The lowest BCUT2D eigenvalue weighted by Gasteiger charge is -2.38. The SMILES string of the molecule is CCN(CC)CC(C)N1CCCC(NC)C1. The van der Waals surface area contributed by atoms with Crippen molar-refractivity contribution in [1.29, 1.82) is 0 Å². The van der Waals surface area contributed by atoms with Crippen molar-refractivity contribution >= 4 is 0 Å². The number of likely N-dealkylation sites (N-methyl/N-ethyl adjacent to an activating group) is 2. The third kappa shape index (κ3) is 4.04. The van der Waals surface area contributed by atoms with Crippen LogP contribution < -0.4 is 5.32 Å². The van der Waals surface area contributed by atoms with Gasteiger partial charge in [-0.1, -0.05) is 13.8 Å². The first-order valence-electron chi connectivity index (χ1n) is 6.84. The maximum atomic E-state index is 3.41. The molecule has 2 unspecified atom stereocenters. The van der Waals surface area contributed by atoms with Gasteiger partial charge in [0, 0.05) is 25.2 Å². The molecule has 1 saturated heterocycles. The van der Waals surface area contributed by atoms with E-state index in [4.69, 9.17) is 0 Å². The number of nitrogens with one attached hydrogen (secondary N) is 1. The van der Waals surface area contributed by atoms with E-state index in [1.54, 1.807) is 0 Å². The van der Waals surface area contributed by atoms with Crippen molar-refractivity contribution in [3.05, 3.63) is 0 Å². The minimum atomic E-state index is 0.691. The number of hydrogen-bond donors (Lipinski definition) is 1. The standard InChI is InChI=1S/C13H29N3/c1-5-15(6-2)10-12(3)16-9-7-8-13(11-16)14-4/h12-14H,5-11H2,1-4H3. The van der Waals surface area contributed by atoms with E-state index in [2.05, 4.69) is 42.9 Å². The molecule has 1 heterocycles. The predicted octanol–water partition coefficient (Wildman–Crippen LogP) is 1.40. The lowest BCUT2D eigenvalue weighted by atomic mass is 10.0. The fourth-order valence-electron chi connectivity index (χ4n) is 2.61. The third-order valence-electron chi connectivity index (χ3n) is 3.90. The summed E-state index contributed by atoms with van der Waals surface area (Å²) in [6.07, 6.45) is 2.68. The Balaban J connectivity index is 2.37. The molecule has 0 aliphatic carbocycles. The zero-order valence-electron chi connectivity index (χ0n) is 11.5. The number of nitrogens with zero attached hydrogens (tertiary/aromatic N) is 2. The second kappa shape index (κ2) is 7.25. The van der Waals surface area contributed by atoms with Gasteiger partial charge in [-0.05, 0) is 46.4 Å². The minimum Gasteiger partial charge on any atom is -0.316 e. The van der Waals surface area contributed by atoms with Crippen LogP contribution in [0.15, 0.2) is 0 Å². The van der Waals surface area contributed by atoms with Crippen molar-refractivity contribution in [3.63, 3.8) is 0 Å². The Morgan fingerprint density at radius 1 is 1.38 bits per heavy atom. The molecule has 3 heteroatoms. The van der Waals surface area contributed by atoms with Crippen molar-refractivity contribution in [1.82, 2.24) is 15.1 Å². The molecule has 0 spiro atoms. The summed E-state index contributed by atoms with van der Waals surface area (Å²) in [7, 11) is 2.09. The van der Waals surface area contributed by atoms with Crippen molar-refractivity contribution < 1.29 is 0 Å². The summed E-state index contributed by atoms with van der Waals surface area (Å²) in [5, 5.41) is 3.41. The van der Waals surface area contributed by atoms with Gasteiger partial charge < -0.3 is 10.2 Å². The summed E-state index contributed by atoms with van der Waals surface area (Å²) in [4.78, 5) is 5.16. The summed E-state index contributed by atoms with van der Waals surface area (Å²) in [6, 6.07) is 1.39. The minimum absolute atomic E-state index is 0.691. The van der Waals surface area contributed by atoms with E-state index in [1.807, 2.05) is 0 Å². The monoisotopic (exact) mass is 227 g/mol. The number of piperidine rings is 1. The second-order valence-corrected chi connectivity index (χ2v) is 4.96. The topological polar surface area (TPSA) is 18.5 Å². The van der Waals surface area contributed by atoms with E-state index in [0.717, 1.165) is 0 Å². The van der Waals surface area contributed by atoms with Gasteiger partial charge in [-0.25, -0.2) is 0 Å². The molecule has 0 saturated carbocycles. The lowest BCUT2D eigenvalue weighted by molar-refractivity contribution is 0.116. The van der Waals surface area contributed by atoms with Crippen LogP contribution >= 0.6 is 0 Å². The highest BCUT2D eigenvalue weighted by Gasteiger charge is 2.23. The fraction of sp³-hybridized carbons (Fsp3) is 1.00. The molecule has 1 N–H and O–H groups in total. The van der Waals surface area contributed by atoms with Gasteiger partial charge in [0.1, 0.15) is 0 Å². The molecule has 1 fully saturated rings. The molecule has 2 atom stereocenters. The molecule has 3 nitrogen and oxygen atoms in total. The molecule has 0 aromatic heterocycles. The second-order valence-electron chi connectivity index (χ2n) is 4.96. The quantitative estimate of drug-likeness (QED) is 0.740. The Kier molecular flexibility index (Phi) is 6.32. The van der Waals surface area contributed by atoms with E-state index in [1.165, 1.54) is 45.6 Å². The number of hydrogen-bond acceptors (Lipinski definition) is 3. The lowest BCUT2D eigenvalue weighted by Crippen LogP contribution is -2.51. The highest BCUT2D eigenvalue weighted by molar-refractivity contribution is 4.81. The Morgan fingerprint density at radius 2 is 2.06 bits per heavy atom.